The molecule has 0 aliphatic heterocycles. The molecule has 0 radical (unpaired) electrons. The van der Waals surface area contributed by atoms with Crippen LogP contribution in [0.1, 0.15) is 20.8 Å². The van der Waals surface area contributed by atoms with Crippen LogP contribution >= 0.6 is 0 Å². The van der Waals surface area contributed by atoms with Gasteiger partial charge in [0, 0.05) is 24.3 Å². The van der Waals surface area contributed by atoms with Crippen LogP contribution < -0.4 is 16.6 Å². The lowest BCUT2D eigenvalue weighted by Gasteiger charge is -2.13. The molecule has 140 valence electrons. The molecule has 2 heterocycles. The highest BCUT2D eigenvalue weighted by Crippen LogP contribution is 2.15. The third-order valence-electron chi connectivity index (χ3n) is 4.06. The second kappa shape index (κ2) is 7.53. The van der Waals surface area contributed by atoms with E-state index in [0.717, 1.165) is 10.1 Å². The topological polar surface area (TPSA) is 98.9 Å². The number of aromatic nitrogens is 4. The summed E-state index contributed by atoms with van der Waals surface area (Å²) in [4.78, 5) is 46.3. The summed E-state index contributed by atoms with van der Waals surface area (Å²) in [6.07, 6.45) is 1.41. The largest absolute Gasteiger partial charge is 0.352 e. The number of fused-ring (bicyclic) bond motifs is 1. The molecule has 3 rings (SSSR count). The van der Waals surface area contributed by atoms with Crippen LogP contribution in [-0.4, -0.2) is 31.1 Å². The van der Waals surface area contributed by atoms with Crippen LogP contribution in [0.25, 0.3) is 22.4 Å². The van der Waals surface area contributed by atoms with Crippen LogP contribution in [-0.2, 0) is 17.9 Å². The minimum atomic E-state index is -0.571. The maximum atomic E-state index is 12.8. The zero-order valence-corrected chi connectivity index (χ0v) is 15.5. The number of carbonyl (C=O) groups is 1. The Morgan fingerprint density at radius 2 is 1.85 bits per heavy atom. The van der Waals surface area contributed by atoms with Crippen molar-refractivity contribution in [3.8, 4) is 11.4 Å². The van der Waals surface area contributed by atoms with E-state index in [1.807, 2.05) is 44.2 Å². The number of carbonyl (C=O) groups excluding carboxylic acids is 1. The van der Waals surface area contributed by atoms with Gasteiger partial charge < -0.3 is 5.32 Å². The zero-order valence-electron chi connectivity index (χ0n) is 15.5. The number of amides is 1. The summed E-state index contributed by atoms with van der Waals surface area (Å²) < 4.78 is 2.31. The Morgan fingerprint density at radius 1 is 1.15 bits per heavy atom. The van der Waals surface area contributed by atoms with Gasteiger partial charge in [-0.3, -0.25) is 18.7 Å². The monoisotopic (exact) mass is 367 g/mol. The molecule has 27 heavy (non-hydrogen) atoms. The quantitative estimate of drug-likeness (QED) is 0.730. The van der Waals surface area contributed by atoms with E-state index in [4.69, 9.17) is 0 Å². The Morgan fingerprint density at radius 3 is 2.48 bits per heavy atom. The van der Waals surface area contributed by atoms with Crippen molar-refractivity contribution in [2.75, 3.05) is 0 Å². The average molecular weight is 367 g/mol. The van der Waals surface area contributed by atoms with Crippen molar-refractivity contribution in [3.63, 3.8) is 0 Å². The summed E-state index contributed by atoms with van der Waals surface area (Å²) in [5.74, 6) is 0.0347. The third kappa shape index (κ3) is 3.64. The normalized spacial score (nSPS) is 11.1. The predicted octanol–water partition coefficient (Wildman–Crippen LogP) is 1.16. The van der Waals surface area contributed by atoms with E-state index in [9.17, 15) is 14.4 Å². The van der Waals surface area contributed by atoms with Crippen LogP contribution in [0.15, 0.2) is 46.1 Å². The van der Waals surface area contributed by atoms with Crippen LogP contribution in [0, 0.1) is 0 Å². The van der Waals surface area contributed by atoms with Gasteiger partial charge in [0.1, 0.15) is 11.9 Å². The fraction of sp³-hybridized carbons (Fsp3) is 0.316. The Bertz CT molecular complexity index is 1100. The van der Waals surface area contributed by atoms with Gasteiger partial charge in [-0.2, -0.15) is 0 Å². The summed E-state index contributed by atoms with van der Waals surface area (Å²) in [6, 6.07) is 9.23. The fourth-order valence-corrected chi connectivity index (χ4v) is 2.86. The lowest BCUT2D eigenvalue weighted by atomic mass is 10.2. The van der Waals surface area contributed by atoms with Crippen molar-refractivity contribution in [2.45, 2.75) is 39.9 Å². The molecule has 3 aromatic rings. The van der Waals surface area contributed by atoms with Crippen LogP contribution in [0.5, 0.6) is 0 Å². The third-order valence-corrected chi connectivity index (χ3v) is 4.06. The van der Waals surface area contributed by atoms with E-state index < -0.39 is 17.2 Å². The first kappa shape index (κ1) is 18.5. The molecule has 0 atom stereocenters. The smallest absolute Gasteiger partial charge is 0.333 e. The van der Waals surface area contributed by atoms with Gasteiger partial charge in [-0.25, -0.2) is 14.8 Å². The first-order chi connectivity index (χ1) is 12.9. The summed E-state index contributed by atoms with van der Waals surface area (Å²) in [7, 11) is 0. The van der Waals surface area contributed by atoms with E-state index >= 15 is 0 Å². The molecule has 1 amide bonds. The highest BCUT2D eigenvalue weighted by Gasteiger charge is 2.17. The predicted molar refractivity (Wildman–Crippen MR) is 102 cm³/mol. The number of aryl methyl sites for hydroxylation is 1. The molecule has 0 saturated carbocycles. The van der Waals surface area contributed by atoms with Crippen molar-refractivity contribution >= 4 is 16.9 Å². The average Bonchev–Trinajstić information content (AvgIpc) is 2.65. The van der Waals surface area contributed by atoms with Gasteiger partial charge in [-0.15, -0.1) is 0 Å². The number of benzene rings is 1. The molecular formula is C19H21N5O3. The Hall–Kier alpha value is -3.29. The molecule has 2 aromatic heterocycles. The van der Waals surface area contributed by atoms with E-state index in [-0.39, 0.29) is 23.6 Å². The number of nitrogens with one attached hydrogen (secondary N) is 1. The van der Waals surface area contributed by atoms with E-state index in [0.29, 0.717) is 12.4 Å². The summed E-state index contributed by atoms with van der Waals surface area (Å²) in [5.41, 5.74) is -0.0818. The number of hydrogen-bond acceptors (Lipinski definition) is 5. The van der Waals surface area contributed by atoms with E-state index in [2.05, 4.69) is 15.3 Å². The molecule has 8 heteroatoms. The first-order valence-electron chi connectivity index (χ1n) is 8.77. The highest BCUT2D eigenvalue weighted by atomic mass is 16.2. The molecule has 1 N–H and O–H groups in total. The second-order valence-electron chi connectivity index (χ2n) is 6.44. The van der Waals surface area contributed by atoms with Crippen molar-refractivity contribution in [3.05, 3.63) is 57.4 Å². The van der Waals surface area contributed by atoms with E-state index in [1.54, 1.807) is 6.92 Å². The summed E-state index contributed by atoms with van der Waals surface area (Å²) >= 11 is 0. The second-order valence-corrected chi connectivity index (χ2v) is 6.44. The van der Waals surface area contributed by atoms with Crippen molar-refractivity contribution in [1.29, 1.82) is 0 Å². The number of rotatable bonds is 5. The van der Waals surface area contributed by atoms with Crippen LogP contribution in [0.4, 0.5) is 0 Å². The zero-order chi connectivity index (χ0) is 19.6. The molecule has 0 aliphatic rings. The maximum absolute atomic E-state index is 12.8. The summed E-state index contributed by atoms with van der Waals surface area (Å²) in [6.45, 7) is 5.38. The van der Waals surface area contributed by atoms with Gasteiger partial charge in [-0.1, -0.05) is 30.3 Å². The SMILES string of the molecule is CCn1c(=O)n(CC(=O)NC(C)C)c(=O)c2cnc(-c3ccccc3)nc21. The Labute approximate surface area is 155 Å². The molecular weight excluding hydrogens is 346 g/mol. The molecule has 0 spiro atoms. The Balaban J connectivity index is 2.18. The maximum Gasteiger partial charge on any atom is 0.333 e. The molecule has 0 bridgehead atoms. The molecule has 0 fully saturated rings. The molecule has 0 unspecified atom stereocenters. The Kier molecular flexibility index (Phi) is 5.16. The minimum Gasteiger partial charge on any atom is -0.352 e. The van der Waals surface area contributed by atoms with Gasteiger partial charge in [-0.05, 0) is 20.8 Å². The summed E-state index contributed by atoms with van der Waals surface area (Å²) in [5, 5.41) is 2.89. The van der Waals surface area contributed by atoms with Crippen molar-refractivity contribution in [2.24, 2.45) is 0 Å². The number of hydrogen-bond donors (Lipinski definition) is 1. The van der Waals surface area contributed by atoms with Crippen molar-refractivity contribution in [1.82, 2.24) is 24.4 Å². The van der Waals surface area contributed by atoms with Crippen molar-refractivity contribution < 1.29 is 4.79 Å². The van der Waals surface area contributed by atoms with Gasteiger partial charge in [0.05, 0.1) is 0 Å². The standard InChI is InChI=1S/C19H21N5O3/c1-4-23-17-14(10-20-16(22-17)13-8-6-5-7-9-13)18(26)24(19(23)27)11-15(25)21-12(2)3/h5-10,12H,4,11H2,1-3H3,(H,21,25). The van der Waals surface area contributed by atoms with Gasteiger partial charge in [0.2, 0.25) is 5.91 Å². The molecule has 0 aliphatic carbocycles. The van der Waals surface area contributed by atoms with Gasteiger partial charge >= 0.3 is 5.69 Å². The van der Waals surface area contributed by atoms with Crippen LogP contribution in [0.2, 0.25) is 0 Å². The van der Waals surface area contributed by atoms with Gasteiger partial charge in [0.15, 0.2) is 11.5 Å². The fourth-order valence-electron chi connectivity index (χ4n) is 2.86. The van der Waals surface area contributed by atoms with E-state index in [1.165, 1.54) is 10.8 Å². The first-order valence-corrected chi connectivity index (χ1v) is 8.77. The molecule has 0 saturated heterocycles. The molecule has 8 nitrogen and oxygen atoms in total. The lowest BCUT2D eigenvalue weighted by molar-refractivity contribution is -0.122. The highest BCUT2D eigenvalue weighted by molar-refractivity contribution is 5.78. The minimum absolute atomic E-state index is 0.0844. The number of nitrogens with zero attached hydrogens (tertiary/aromatic N) is 4. The van der Waals surface area contributed by atoms with Crippen LogP contribution in [0.3, 0.4) is 0 Å². The van der Waals surface area contributed by atoms with Gasteiger partial charge in [0.25, 0.3) is 5.56 Å². The molecule has 1 aromatic carbocycles. The lowest BCUT2D eigenvalue weighted by Crippen LogP contribution is -2.45.